The molecule has 0 radical (unpaired) electrons. The van der Waals surface area contributed by atoms with Crippen LogP contribution in [0.5, 0.6) is 5.75 Å². The van der Waals surface area contributed by atoms with Gasteiger partial charge in [0.15, 0.2) is 0 Å². The Hall–Kier alpha value is -3.19. The van der Waals surface area contributed by atoms with Gasteiger partial charge in [-0.1, -0.05) is 6.07 Å². The van der Waals surface area contributed by atoms with Crippen molar-refractivity contribution >= 4 is 17.4 Å². The summed E-state index contributed by atoms with van der Waals surface area (Å²) in [4.78, 5) is 31.1. The molecule has 4 rings (SSSR count). The average Bonchev–Trinajstić information content (AvgIpc) is 3.02. The molecule has 1 amide bonds. The molecule has 1 unspecified atom stereocenters. The van der Waals surface area contributed by atoms with Gasteiger partial charge >= 0.3 is 0 Å². The third-order valence-corrected chi connectivity index (χ3v) is 5.26. The Kier molecular flexibility index (Phi) is 5.31. The molecule has 0 spiro atoms. The standard InChI is InChI=1S/C22H22N2O5/c1-28-11-9-24-19(16-4-2-8-23-13-16)18(21(26)22(24)27)20(25)15-6-7-17-14(12-15)5-3-10-29-17/h2,4,6-8,12-13,19,25H,3,5,9-11H2,1H3/b20-18-. The normalized spacial score (nSPS) is 20.4. The third kappa shape index (κ3) is 3.49. The number of aryl methyl sites for hydroxylation is 1. The van der Waals surface area contributed by atoms with Gasteiger partial charge in [-0.25, -0.2) is 0 Å². The van der Waals surface area contributed by atoms with Gasteiger partial charge in [-0.15, -0.1) is 0 Å². The number of ether oxygens (including phenoxy) is 2. The number of likely N-dealkylation sites (tertiary alicyclic amines) is 1. The number of aliphatic hydroxyl groups excluding tert-OH is 1. The van der Waals surface area contributed by atoms with Crippen molar-refractivity contribution in [3.8, 4) is 5.75 Å². The maximum Gasteiger partial charge on any atom is 0.295 e. The van der Waals surface area contributed by atoms with Crippen LogP contribution in [0.3, 0.4) is 0 Å². The van der Waals surface area contributed by atoms with E-state index in [4.69, 9.17) is 9.47 Å². The molecule has 150 valence electrons. The number of Topliss-reactive ketones (excluding diaryl/α,β-unsaturated/α-hetero) is 1. The van der Waals surface area contributed by atoms with Crippen molar-refractivity contribution in [1.29, 1.82) is 0 Å². The number of ketones is 1. The molecule has 0 saturated carbocycles. The molecule has 3 heterocycles. The number of amides is 1. The Bertz CT molecular complexity index is 970. The second-order valence-electron chi connectivity index (χ2n) is 7.05. The molecule has 0 bridgehead atoms. The predicted octanol–water partition coefficient (Wildman–Crippen LogP) is 2.47. The van der Waals surface area contributed by atoms with E-state index in [0.717, 1.165) is 24.2 Å². The summed E-state index contributed by atoms with van der Waals surface area (Å²) >= 11 is 0. The molecular formula is C22H22N2O5. The van der Waals surface area contributed by atoms with Gasteiger partial charge in [0.2, 0.25) is 0 Å². The molecule has 1 fully saturated rings. The summed E-state index contributed by atoms with van der Waals surface area (Å²) in [5, 5.41) is 11.1. The van der Waals surface area contributed by atoms with Gasteiger partial charge in [0.1, 0.15) is 11.5 Å². The number of aliphatic hydroxyl groups is 1. The van der Waals surface area contributed by atoms with Crippen molar-refractivity contribution in [2.24, 2.45) is 0 Å². The molecule has 1 saturated heterocycles. The smallest absolute Gasteiger partial charge is 0.295 e. The summed E-state index contributed by atoms with van der Waals surface area (Å²) in [6.45, 7) is 1.18. The number of carbonyl (C=O) groups excluding carboxylic acids is 2. The molecule has 2 aliphatic rings. The Morgan fingerprint density at radius 1 is 1.34 bits per heavy atom. The summed E-state index contributed by atoms with van der Waals surface area (Å²) in [6, 6.07) is 8.14. The van der Waals surface area contributed by atoms with Gasteiger partial charge < -0.3 is 19.5 Å². The third-order valence-electron chi connectivity index (χ3n) is 5.26. The van der Waals surface area contributed by atoms with Crippen LogP contribution < -0.4 is 4.74 Å². The lowest BCUT2D eigenvalue weighted by atomic mass is 9.94. The van der Waals surface area contributed by atoms with E-state index in [1.807, 2.05) is 6.07 Å². The van der Waals surface area contributed by atoms with Crippen molar-refractivity contribution in [3.63, 3.8) is 0 Å². The van der Waals surface area contributed by atoms with Gasteiger partial charge in [-0.05, 0) is 48.2 Å². The van der Waals surface area contributed by atoms with Crippen molar-refractivity contribution in [2.45, 2.75) is 18.9 Å². The van der Waals surface area contributed by atoms with Crippen molar-refractivity contribution < 1.29 is 24.2 Å². The first kappa shape index (κ1) is 19.1. The molecule has 29 heavy (non-hydrogen) atoms. The van der Waals surface area contributed by atoms with Crippen LogP contribution in [-0.2, 0) is 20.7 Å². The monoisotopic (exact) mass is 394 g/mol. The average molecular weight is 394 g/mol. The topological polar surface area (TPSA) is 89.0 Å². The van der Waals surface area contributed by atoms with Gasteiger partial charge in [0.25, 0.3) is 11.7 Å². The molecule has 1 aromatic carbocycles. The van der Waals surface area contributed by atoms with Crippen LogP contribution in [0.15, 0.2) is 48.3 Å². The minimum atomic E-state index is -0.717. The fraction of sp³-hybridized carbons (Fsp3) is 0.318. The Balaban J connectivity index is 1.82. The molecule has 0 aliphatic carbocycles. The van der Waals surface area contributed by atoms with Crippen LogP contribution in [-0.4, -0.2) is 53.5 Å². The highest BCUT2D eigenvalue weighted by molar-refractivity contribution is 6.46. The van der Waals surface area contributed by atoms with Crippen molar-refractivity contribution in [3.05, 3.63) is 65.0 Å². The maximum atomic E-state index is 12.9. The Labute approximate surface area is 168 Å². The van der Waals surface area contributed by atoms with E-state index in [1.165, 1.54) is 12.0 Å². The first-order valence-electron chi connectivity index (χ1n) is 9.55. The van der Waals surface area contributed by atoms with Crippen LogP contribution in [0.1, 0.15) is 29.2 Å². The number of benzene rings is 1. The Morgan fingerprint density at radius 2 is 2.21 bits per heavy atom. The zero-order valence-electron chi connectivity index (χ0n) is 16.1. The first-order valence-corrected chi connectivity index (χ1v) is 9.55. The quantitative estimate of drug-likeness (QED) is 0.476. The molecule has 1 aromatic heterocycles. The summed E-state index contributed by atoms with van der Waals surface area (Å²) < 4.78 is 10.7. The van der Waals surface area contributed by atoms with E-state index < -0.39 is 17.7 Å². The number of hydrogen-bond donors (Lipinski definition) is 1. The predicted molar refractivity (Wildman–Crippen MR) is 105 cm³/mol. The summed E-state index contributed by atoms with van der Waals surface area (Å²) in [5.74, 6) is -0.761. The number of nitrogens with zero attached hydrogens (tertiary/aromatic N) is 2. The van der Waals surface area contributed by atoms with Crippen LogP contribution in [0, 0.1) is 0 Å². The number of rotatable bonds is 5. The number of methoxy groups -OCH3 is 1. The number of hydrogen-bond acceptors (Lipinski definition) is 6. The minimum absolute atomic E-state index is 0.0655. The van der Waals surface area contributed by atoms with Crippen molar-refractivity contribution in [2.75, 3.05) is 26.9 Å². The largest absolute Gasteiger partial charge is 0.507 e. The summed E-state index contributed by atoms with van der Waals surface area (Å²) in [7, 11) is 1.53. The van der Waals surface area contributed by atoms with Crippen LogP contribution in [0.4, 0.5) is 0 Å². The van der Waals surface area contributed by atoms with E-state index in [9.17, 15) is 14.7 Å². The second-order valence-corrected chi connectivity index (χ2v) is 7.05. The lowest BCUT2D eigenvalue weighted by Crippen LogP contribution is -2.32. The SMILES string of the molecule is COCCN1C(=O)C(=O)/C(=C(\O)c2ccc3c(c2)CCCO3)C1c1cccnc1. The maximum absolute atomic E-state index is 12.9. The van der Waals surface area contributed by atoms with E-state index >= 15 is 0 Å². The van der Waals surface area contributed by atoms with Gasteiger partial charge in [-0.2, -0.15) is 0 Å². The van der Waals surface area contributed by atoms with E-state index in [0.29, 0.717) is 17.7 Å². The van der Waals surface area contributed by atoms with Gasteiger partial charge in [-0.3, -0.25) is 14.6 Å². The van der Waals surface area contributed by atoms with Crippen LogP contribution in [0.25, 0.3) is 5.76 Å². The highest BCUT2D eigenvalue weighted by Crippen LogP contribution is 2.39. The second kappa shape index (κ2) is 8.05. The molecule has 1 N–H and O–H groups in total. The molecule has 1 atom stereocenters. The van der Waals surface area contributed by atoms with Gasteiger partial charge in [0.05, 0.1) is 24.8 Å². The van der Waals surface area contributed by atoms with E-state index in [-0.39, 0.29) is 24.5 Å². The number of pyridine rings is 1. The molecule has 2 aromatic rings. The van der Waals surface area contributed by atoms with Gasteiger partial charge in [0, 0.05) is 31.6 Å². The van der Waals surface area contributed by atoms with Crippen LogP contribution in [0.2, 0.25) is 0 Å². The summed E-state index contributed by atoms with van der Waals surface area (Å²) in [6.07, 6.45) is 4.96. The lowest BCUT2D eigenvalue weighted by Gasteiger charge is -2.24. The molecule has 7 nitrogen and oxygen atoms in total. The van der Waals surface area contributed by atoms with Crippen LogP contribution >= 0.6 is 0 Å². The number of aromatic nitrogens is 1. The van der Waals surface area contributed by atoms with E-state index in [1.54, 1.807) is 36.7 Å². The van der Waals surface area contributed by atoms with E-state index in [2.05, 4.69) is 4.98 Å². The highest BCUT2D eigenvalue weighted by atomic mass is 16.5. The molecular weight excluding hydrogens is 372 g/mol. The number of fused-ring (bicyclic) bond motifs is 1. The Morgan fingerprint density at radius 3 is 2.97 bits per heavy atom. The molecule has 7 heteroatoms. The highest BCUT2D eigenvalue weighted by Gasteiger charge is 2.46. The fourth-order valence-corrected chi connectivity index (χ4v) is 3.85. The van der Waals surface area contributed by atoms with Crippen molar-refractivity contribution in [1.82, 2.24) is 9.88 Å². The molecule has 2 aliphatic heterocycles. The zero-order chi connectivity index (χ0) is 20.4. The minimum Gasteiger partial charge on any atom is -0.507 e. The fourth-order valence-electron chi connectivity index (χ4n) is 3.85. The zero-order valence-corrected chi connectivity index (χ0v) is 16.1. The lowest BCUT2D eigenvalue weighted by molar-refractivity contribution is -0.140. The first-order chi connectivity index (χ1) is 14.1. The summed E-state index contributed by atoms with van der Waals surface area (Å²) in [5.41, 5.74) is 2.20. The number of carbonyl (C=O) groups is 2.